The summed E-state index contributed by atoms with van der Waals surface area (Å²) in [6, 6.07) is 1.88. The molecule has 0 amide bonds. The quantitative estimate of drug-likeness (QED) is 0.261. The van der Waals surface area contributed by atoms with Crippen LogP contribution in [0.5, 0.6) is 0 Å². The van der Waals surface area contributed by atoms with E-state index in [0.29, 0.717) is 22.8 Å². The van der Waals surface area contributed by atoms with E-state index in [4.69, 9.17) is 31.0 Å². The van der Waals surface area contributed by atoms with Crippen molar-refractivity contribution in [1.29, 1.82) is 0 Å². The lowest BCUT2D eigenvalue weighted by Crippen LogP contribution is -2.30. The molecule has 4 aromatic rings. The molecule has 9 heteroatoms. The molecule has 4 aromatic heterocycles. The van der Waals surface area contributed by atoms with Crippen LogP contribution in [0.25, 0.3) is 22.3 Å². The van der Waals surface area contributed by atoms with Crippen LogP contribution in [0.4, 0.5) is 0 Å². The molecule has 0 radical (unpaired) electrons. The number of carbonyl (C=O) groups is 1. The van der Waals surface area contributed by atoms with Crippen LogP contribution in [-0.4, -0.2) is 42.5 Å². The molecule has 202 valence electrons. The summed E-state index contributed by atoms with van der Waals surface area (Å²) in [5, 5.41) is 5.81. The second-order valence-electron chi connectivity index (χ2n) is 10.7. The third-order valence-electron chi connectivity index (χ3n) is 6.60. The van der Waals surface area contributed by atoms with Crippen molar-refractivity contribution in [2.45, 2.75) is 73.6 Å². The summed E-state index contributed by atoms with van der Waals surface area (Å²) in [6.07, 6.45) is 4.51. The number of halogens is 1. The summed E-state index contributed by atoms with van der Waals surface area (Å²) in [6.45, 7) is 16.5. The van der Waals surface area contributed by atoms with Gasteiger partial charge in [0, 0.05) is 52.9 Å². The molecule has 0 aromatic carbocycles. The Balaban J connectivity index is 2.11. The second kappa shape index (κ2) is 10.5. The summed E-state index contributed by atoms with van der Waals surface area (Å²) < 4.78 is 15.9. The van der Waals surface area contributed by atoms with Crippen LogP contribution in [0, 0.1) is 27.7 Å². The standard InChI is InChI=1S/C29H36ClN5O3/c1-10-37-28(36)26(38-29(6,7)8)23-18(4)33-27-22(24(23)25-16(2)11-21(30)13-31-25)17(3)19(5)35(27)15-20-12-32-34(9)14-20/h11-14,26H,10,15H2,1-9H3/t26-/m0/s1. The average Bonchev–Trinajstić information content (AvgIpc) is 3.33. The highest BCUT2D eigenvalue weighted by Crippen LogP contribution is 2.43. The van der Waals surface area contributed by atoms with Crippen LogP contribution >= 0.6 is 11.6 Å². The number of aryl methyl sites for hydroxylation is 4. The van der Waals surface area contributed by atoms with Crippen molar-refractivity contribution in [1.82, 2.24) is 24.3 Å². The van der Waals surface area contributed by atoms with E-state index in [0.717, 1.165) is 44.7 Å². The van der Waals surface area contributed by atoms with Crippen LogP contribution in [0.3, 0.4) is 0 Å². The molecule has 0 fully saturated rings. The highest BCUT2D eigenvalue weighted by atomic mass is 35.5. The summed E-state index contributed by atoms with van der Waals surface area (Å²) in [7, 11) is 1.90. The fraction of sp³-hybridized carbons (Fsp3) is 0.448. The summed E-state index contributed by atoms with van der Waals surface area (Å²) in [5.41, 5.74) is 7.17. The summed E-state index contributed by atoms with van der Waals surface area (Å²) >= 11 is 6.30. The number of rotatable bonds is 7. The molecule has 1 atom stereocenters. The van der Waals surface area contributed by atoms with Crippen LogP contribution in [0.15, 0.2) is 24.7 Å². The van der Waals surface area contributed by atoms with Crippen molar-refractivity contribution >= 4 is 28.6 Å². The molecule has 0 bridgehead atoms. The number of nitrogens with zero attached hydrogens (tertiary/aromatic N) is 5. The van der Waals surface area contributed by atoms with Gasteiger partial charge in [0.25, 0.3) is 0 Å². The average molecular weight is 538 g/mol. The molecule has 0 unspecified atom stereocenters. The molecule has 0 spiro atoms. The van der Waals surface area contributed by atoms with Gasteiger partial charge in [0.2, 0.25) is 0 Å². The third-order valence-corrected chi connectivity index (χ3v) is 6.81. The minimum Gasteiger partial charge on any atom is -0.464 e. The Hall–Kier alpha value is -3.23. The van der Waals surface area contributed by atoms with Gasteiger partial charge in [-0.1, -0.05) is 11.6 Å². The van der Waals surface area contributed by atoms with Crippen LogP contribution in [0.2, 0.25) is 5.02 Å². The number of ether oxygens (including phenoxy) is 2. The maximum absolute atomic E-state index is 13.4. The molecule has 38 heavy (non-hydrogen) atoms. The molecule has 0 aliphatic heterocycles. The Morgan fingerprint density at radius 2 is 1.87 bits per heavy atom. The van der Waals surface area contributed by atoms with E-state index in [1.165, 1.54) is 0 Å². The number of hydrogen-bond donors (Lipinski definition) is 0. The Kier molecular flexibility index (Phi) is 7.68. The molecule has 0 aliphatic rings. The van der Waals surface area contributed by atoms with Crippen molar-refractivity contribution in [3.63, 3.8) is 0 Å². The van der Waals surface area contributed by atoms with E-state index in [1.54, 1.807) is 17.8 Å². The number of hydrogen-bond acceptors (Lipinski definition) is 6. The fourth-order valence-electron chi connectivity index (χ4n) is 4.89. The normalized spacial score (nSPS) is 12.8. The topological polar surface area (TPSA) is 84.1 Å². The molecule has 0 saturated heterocycles. The minimum absolute atomic E-state index is 0.241. The predicted molar refractivity (Wildman–Crippen MR) is 149 cm³/mol. The first kappa shape index (κ1) is 27.8. The number of carbonyl (C=O) groups excluding carboxylic acids is 1. The van der Waals surface area contributed by atoms with E-state index in [-0.39, 0.29) is 6.61 Å². The van der Waals surface area contributed by atoms with Gasteiger partial charge in [0.05, 0.1) is 35.7 Å². The van der Waals surface area contributed by atoms with Crippen molar-refractivity contribution in [2.75, 3.05) is 6.61 Å². The minimum atomic E-state index is -0.986. The number of pyridine rings is 2. The number of fused-ring (bicyclic) bond motifs is 1. The predicted octanol–water partition coefficient (Wildman–Crippen LogP) is 6.19. The first-order chi connectivity index (χ1) is 17.8. The number of esters is 1. The van der Waals surface area contributed by atoms with E-state index in [2.05, 4.69) is 23.5 Å². The Labute approximate surface area is 228 Å². The number of aromatic nitrogens is 5. The van der Waals surface area contributed by atoms with Gasteiger partial charge in [-0.05, 0) is 72.6 Å². The largest absolute Gasteiger partial charge is 0.464 e. The Morgan fingerprint density at radius 3 is 2.45 bits per heavy atom. The summed E-state index contributed by atoms with van der Waals surface area (Å²) in [4.78, 5) is 23.2. The van der Waals surface area contributed by atoms with Crippen LogP contribution in [-0.2, 0) is 27.9 Å². The molecule has 0 saturated carbocycles. The van der Waals surface area contributed by atoms with E-state index in [1.807, 2.05) is 60.1 Å². The third kappa shape index (κ3) is 5.33. The monoisotopic (exact) mass is 537 g/mol. The maximum Gasteiger partial charge on any atom is 0.340 e. The van der Waals surface area contributed by atoms with Crippen molar-refractivity contribution in [3.05, 3.63) is 63.3 Å². The molecule has 0 aliphatic carbocycles. The Bertz CT molecular complexity index is 1510. The first-order valence-electron chi connectivity index (χ1n) is 12.8. The van der Waals surface area contributed by atoms with Gasteiger partial charge in [-0.2, -0.15) is 5.10 Å². The molecule has 4 rings (SSSR count). The van der Waals surface area contributed by atoms with Crippen LogP contribution in [0.1, 0.15) is 67.4 Å². The lowest BCUT2D eigenvalue weighted by atomic mass is 9.91. The smallest absolute Gasteiger partial charge is 0.340 e. The second-order valence-corrected chi connectivity index (χ2v) is 11.1. The van der Waals surface area contributed by atoms with Gasteiger partial charge in [-0.15, -0.1) is 0 Å². The van der Waals surface area contributed by atoms with Crippen molar-refractivity contribution < 1.29 is 14.3 Å². The summed E-state index contributed by atoms with van der Waals surface area (Å²) in [5.74, 6) is -0.455. The maximum atomic E-state index is 13.4. The van der Waals surface area contributed by atoms with Gasteiger partial charge >= 0.3 is 5.97 Å². The van der Waals surface area contributed by atoms with E-state index in [9.17, 15) is 4.79 Å². The zero-order valence-corrected chi connectivity index (χ0v) is 24.4. The van der Waals surface area contributed by atoms with Crippen LogP contribution < -0.4 is 0 Å². The van der Waals surface area contributed by atoms with Gasteiger partial charge < -0.3 is 14.0 Å². The van der Waals surface area contributed by atoms with Crippen molar-refractivity contribution in [2.24, 2.45) is 7.05 Å². The van der Waals surface area contributed by atoms with Gasteiger partial charge in [-0.25, -0.2) is 9.78 Å². The first-order valence-corrected chi connectivity index (χ1v) is 13.1. The van der Waals surface area contributed by atoms with E-state index < -0.39 is 17.7 Å². The van der Waals surface area contributed by atoms with Gasteiger partial charge in [0.15, 0.2) is 6.10 Å². The van der Waals surface area contributed by atoms with Gasteiger partial charge in [-0.3, -0.25) is 9.67 Å². The lowest BCUT2D eigenvalue weighted by molar-refractivity contribution is -0.166. The SMILES string of the molecule is CCOC(=O)[C@@H](OC(C)(C)C)c1c(C)nc2c(c(C)c(C)n2Cc2cnn(C)c2)c1-c1ncc(Cl)cc1C. The lowest BCUT2D eigenvalue weighted by Gasteiger charge is -2.29. The Morgan fingerprint density at radius 1 is 1.16 bits per heavy atom. The highest BCUT2D eigenvalue weighted by Gasteiger charge is 2.35. The van der Waals surface area contributed by atoms with Crippen molar-refractivity contribution in [3.8, 4) is 11.3 Å². The molecule has 4 heterocycles. The zero-order chi connectivity index (χ0) is 27.9. The molecular weight excluding hydrogens is 502 g/mol. The molecule has 0 N–H and O–H groups in total. The molecule has 8 nitrogen and oxygen atoms in total. The van der Waals surface area contributed by atoms with E-state index >= 15 is 0 Å². The fourth-order valence-corrected chi connectivity index (χ4v) is 5.10. The zero-order valence-electron chi connectivity index (χ0n) is 23.6. The van der Waals surface area contributed by atoms with Gasteiger partial charge in [0.1, 0.15) is 5.65 Å². The molecular formula is C29H36ClN5O3. The highest BCUT2D eigenvalue weighted by molar-refractivity contribution is 6.30.